The second-order valence-corrected chi connectivity index (χ2v) is 6.12. The minimum atomic E-state index is -4.40. The molecule has 2 aromatic rings. The second-order valence-electron chi connectivity index (χ2n) is 5.21. The van der Waals surface area contributed by atoms with E-state index in [1.54, 1.807) is 6.20 Å². The van der Waals surface area contributed by atoms with Crippen LogP contribution in [0.25, 0.3) is 0 Å². The third-order valence-electron chi connectivity index (χ3n) is 3.72. The molecule has 2 aromatic heterocycles. The highest BCUT2D eigenvalue weighted by atomic mass is 79.9. The number of hydrogen-bond acceptors (Lipinski definition) is 4. The van der Waals surface area contributed by atoms with Gasteiger partial charge in [0.05, 0.1) is 11.9 Å². The van der Waals surface area contributed by atoms with Gasteiger partial charge in [0.1, 0.15) is 11.5 Å². The van der Waals surface area contributed by atoms with Gasteiger partial charge < -0.3 is 9.80 Å². The molecule has 0 N–H and O–H groups in total. The molecule has 1 aliphatic rings. The van der Waals surface area contributed by atoms with Gasteiger partial charge in [0, 0.05) is 36.8 Å². The Morgan fingerprint density at radius 3 is 2.09 bits per heavy atom. The Hall–Kier alpha value is -1.83. The summed E-state index contributed by atoms with van der Waals surface area (Å²) in [5, 5.41) is 0. The highest BCUT2D eigenvalue weighted by Crippen LogP contribution is 2.28. The summed E-state index contributed by atoms with van der Waals surface area (Å²) >= 11 is 3.35. The lowest BCUT2D eigenvalue weighted by molar-refractivity contribution is -0.141. The largest absolute Gasteiger partial charge is 0.433 e. The summed E-state index contributed by atoms with van der Waals surface area (Å²) in [6.07, 6.45) is -1.36. The highest BCUT2D eigenvalue weighted by molar-refractivity contribution is 9.10. The van der Waals surface area contributed by atoms with Crippen molar-refractivity contribution in [3.8, 4) is 0 Å². The number of piperazine rings is 1. The van der Waals surface area contributed by atoms with Crippen LogP contribution in [0.2, 0.25) is 0 Å². The predicted molar refractivity (Wildman–Crippen MR) is 85.6 cm³/mol. The Bertz CT molecular complexity index is 650. The Labute approximate surface area is 140 Å². The average Bonchev–Trinajstić information content (AvgIpc) is 2.55. The standard InChI is InChI=1S/C15H14BrF3N4/c16-11-1-4-14(21-9-11)23-7-5-22(6-8-23)12-2-3-13(20-10-12)15(17,18)19/h1-4,9-10H,5-8H2. The molecular weight excluding hydrogens is 373 g/mol. The molecule has 1 aliphatic heterocycles. The molecule has 0 spiro atoms. The van der Waals surface area contributed by atoms with E-state index in [2.05, 4.69) is 30.8 Å². The summed E-state index contributed by atoms with van der Waals surface area (Å²) in [5.74, 6) is 0.901. The number of anilines is 2. The molecule has 122 valence electrons. The molecule has 4 nitrogen and oxygen atoms in total. The van der Waals surface area contributed by atoms with Crippen molar-refractivity contribution in [2.75, 3.05) is 36.0 Å². The first kappa shape index (κ1) is 16.0. The lowest BCUT2D eigenvalue weighted by Crippen LogP contribution is -2.46. The van der Waals surface area contributed by atoms with Crippen LogP contribution in [0.3, 0.4) is 0 Å². The molecule has 0 atom stereocenters. The van der Waals surface area contributed by atoms with E-state index >= 15 is 0 Å². The summed E-state index contributed by atoms with van der Waals surface area (Å²) in [6.45, 7) is 2.95. The average molecular weight is 387 g/mol. The summed E-state index contributed by atoms with van der Waals surface area (Å²) in [6, 6.07) is 6.38. The van der Waals surface area contributed by atoms with Crippen molar-refractivity contribution in [3.05, 3.63) is 46.8 Å². The highest BCUT2D eigenvalue weighted by Gasteiger charge is 2.32. The van der Waals surface area contributed by atoms with Crippen LogP contribution < -0.4 is 9.80 Å². The van der Waals surface area contributed by atoms with E-state index in [0.29, 0.717) is 18.8 Å². The van der Waals surface area contributed by atoms with E-state index in [-0.39, 0.29) is 0 Å². The molecule has 0 radical (unpaired) electrons. The van der Waals surface area contributed by atoms with E-state index in [0.717, 1.165) is 29.4 Å². The van der Waals surface area contributed by atoms with Gasteiger partial charge in [0.15, 0.2) is 0 Å². The number of halogens is 4. The van der Waals surface area contributed by atoms with Crippen LogP contribution in [0.1, 0.15) is 5.69 Å². The van der Waals surface area contributed by atoms with Crippen LogP contribution in [0, 0.1) is 0 Å². The number of hydrogen-bond donors (Lipinski definition) is 0. The maximum Gasteiger partial charge on any atom is 0.433 e. The smallest absolute Gasteiger partial charge is 0.367 e. The number of nitrogens with zero attached hydrogens (tertiary/aromatic N) is 4. The molecule has 0 bridgehead atoms. The Balaban J connectivity index is 1.63. The molecule has 3 rings (SSSR count). The first-order chi connectivity index (χ1) is 10.9. The third kappa shape index (κ3) is 3.74. The summed E-state index contributed by atoms with van der Waals surface area (Å²) < 4.78 is 38.5. The fraction of sp³-hybridized carbons (Fsp3) is 0.333. The third-order valence-corrected chi connectivity index (χ3v) is 4.19. The van der Waals surface area contributed by atoms with E-state index in [1.165, 1.54) is 12.3 Å². The first-order valence-corrected chi connectivity index (χ1v) is 7.87. The quantitative estimate of drug-likeness (QED) is 0.789. The first-order valence-electron chi connectivity index (χ1n) is 7.08. The normalized spacial score (nSPS) is 15.8. The van der Waals surface area contributed by atoms with Gasteiger partial charge >= 0.3 is 6.18 Å². The molecule has 1 fully saturated rings. The molecule has 0 amide bonds. The number of rotatable bonds is 2. The lowest BCUT2D eigenvalue weighted by Gasteiger charge is -2.36. The molecule has 23 heavy (non-hydrogen) atoms. The van der Waals surface area contributed by atoms with Crippen LogP contribution in [0.5, 0.6) is 0 Å². The van der Waals surface area contributed by atoms with Gasteiger partial charge in [-0.1, -0.05) is 0 Å². The van der Waals surface area contributed by atoms with Crippen LogP contribution in [-0.4, -0.2) is 36.1 Å². The molecule has 0 unspecified atom stereocenters. The summed E-state index contributed by atoms with van der Waals surface area (Å²) in [7, 11) is 0. The predicted octanol–water partition coefficient (Wildman–Crippen LogP) is 3.58. The van der Waals surface area contributed by atoms with Crippen molar-refractivity contribution in [2.24, 2.45) is 0 Å². The zero-order valence-electron chi connectivity index (χ0n) is 12.1. The zero-order valence-corrected chi connectivity index (χ0v) is 13.7. The summed E-state index contributed by atoms with van der Waals surface area (Å²) in [4.78, 5) is 12.1. The van der Waals surface area contributed by atoms with E-state index in [4.69, 9.17) is 0 Å². The van der Waals surface area contributed by atoms with Crippen molar-refractivity contribution in [1.29, 1.82) is 0 Å². The Morgan fingerprint density at radius 1 is 0.870 bits per heavy atom. The van der Waals surface area contributed by atoms with Crippen LogP contribution in [0.15, 0.2) is 41.1 Å². The zero-order chi connectivity index (χ0) is 16.4. The topological polar surface area (TPSA) is 32.3 Å². The van der Waals surface area contributed by atoms with Crippen LogP contribution >= 0.6 is 15.9 Å². The maximum absolute atomic E-state index is 12.5. The maximum atomic E-state index is 12.5. The fourth-order valence-corrected chi connectivity index (χ4v) is 2.72. The van der Waals surface area contributed by atoms with Gasteiger partial charge in [-0.2, -0.15) is 13.2 Å². The fourth-order valence-electron chi connectivity index (χ4n) is 2.49. The summed E-state index contributed by atoms with van der Waals surface area (Å²) in [5.41, 5.74) is -0.152. The molecule has 0 aromatic carbocycles. The van der Waals surface area contributed by atoms with E-state index in [1.807, 2.05) is 17.0 Å². The van der Waals surface area contributed by atoms with E-state index in [9.17, 15) is 13.2 Å². The van der Waals surface area contributed by atoms with Gasteiger partial charge in [-0.05, 0) is 40.2 Å². The van der Waals surface area contributed by atoms with E-state index < -0.39 is 11.9 Å². The van der Waals surface area contributed by atoms with Crippen LogP contribution in [0.4, 0.5) is 24.7 Å². The molecule has 3 heterocycles. The minimum absolute atomic E-state index is 0.710. The number of alkyl halides is 3. The van der Waals surface area contributed by atoms with Gasteiger partial charge in [-0.25, -0.2) is 9.97 Å². The van der Waals surface area contributed by atoms with Crippen molar-refractivity contribution < 1.29 is 13.2 Å². The van der Waals surface area contributed by atoms with Crippen molar-refractivity contribution in [3.63, 3.8) is 0 Å². The van der Waals surface area contributed by atoms with Crippen LogP contribution in [-0.2, 0) is 6.18 Å². The van der Waals surface area contributed by atoms with Crippen molar-refractivity contribution in [1.82, 2.24) is 9.97 Å². The Morgan fingerprint density at radius 2 is 1.57 bits per heavy atom. The minimum Gasteiger partial charge on any atom is -0.367 e. The SMILES string of the molecule is FC(F)(F)c1ccc(N2CCN(c3ccc(Br)cn3)CC2)cn1. The van der Waals surface area contributed by atoms with Crippen molar-refractivity contribution in [2.45, 2.75) is 6.18 Å². The van der Waals surface area contributed by atoms with Gasteiger partial charge in [0.2, 0.25) is 0 Å². The molecule has 0 aliphatic carbocycles. The molecular formula is C15H14BrF3N4. The number of aromatic nitrogens is 2. The molecule has 0 saturated carbocycles. The van der Waals surface area contributed by atoms with Gasteiger partial charge in [0.25, 0.3) is 0 Å². The number of pyridine rings is 2. The van der Waals surface area contributed by atoms with Crippen molar-refractivity contribution >= 4 is 27.4 Å². The lowest BCUT2D eigenvalue weighted by atomic mass is 10.2. The monoisotopic (exact) mass is 386 g/mol. The molecule has 8 heteroatoms. The molecule has 1 saturated heterocycles. The van der Waals surface area contributed by atoms with Gasteiger partial charge in [-0.15, -0.1) is 0 Å². The van der Waals surface area contributed by atoms with Gasteiger partial charge in [-0.3, -0.25) is 0 Å². The Kier molecular flexibility index (Phi) is 4.43. The second kappa shape index (κ2) is 6.35.